The van der Waals surface area contributed by atoms with Crippen molar-refractivity contribution >= 4 is 46.2 Å². The Kier molecular flexibility index (Phi) is 7.08. The fraction of sp³-hybridized carbons (Fsp3) is 0.233. The molecule has 0 saturated heterocycles. The summed E-state index contributed by atoms with van der Waals surface area (Å²) in [5, 5.41) is 17.7. The molecule has 0 atom stereocenters. The summed E-state index contributed by atoms with van der Waals surface area (Å²) >= 11 is 0. The first-order valence-corrected chi connectivity index (χ1v) is 12.9. The number of aliphatic imine (C=N–C) groups is 1. The SMILES string of the molecule is CC(C)(C)OC(=O)N1CCN=C1Cc1cccc(NC(=C2C(=O)Nc3ccc([N+](=O)[O-])cc32)c2ccccc2)c1. The largest absolute Gasteiger partial charge is 0.443 e. The molecule has 0 fully saturated rings. The molecule has 2 N–H and O–H groups in total. The molecule has 5 rings (SSSR count). The number of carbonyl (C=O) groups is 2. The maximum absolute atomic E-state index is 13.2. The molecule has 3 aromatic carbocycles. The maximum atomic E-state index is 13.2. The Hall–Kier alpha value is -4.99. The number of nitro benzene ring substituents is 1. The summed E-state index contributed by atoms with van der Waals surface area (Å²) in [5.41, 5.74) is 3.44. The smallest absolute Gasteiger partial charge is 0.415 e. The first-order chi connectivity index (χ1) is 19.1. The van der Waals surface area contributed by atoms with Gasteiger partial charge in [-0.3, -0.25) is 24.8 Å². The molecule has 3 aromatic rings. The molecule has 204 valence electrons. The number of non-ortho nitro benzene ring substituents is 1. The molecule has 10 heteroatoms. The number of hydrogen-bond donors (Lipinski definition) is 2. The van der Waals surface area contributed by atoms with Crippen molar-refractivity contribution in [2.75, 3.05) is 23.7 Å². The predicted octanol–water partition coefficient (Wildman–Crippen LogP) is 5.72. The summed E-state index contributed by atoms with van der Waals surface area (Å²) in [4.78, 5) is 42.9. The van der Waals surface area contributed by atoms with Crippen LogP contribution in [-0.4, -0.2) is 46.3 Å². The molecule has 0 aliphatic carbocycles. The summed E-state index contributed by atoms with van der Waals surface area (Å²) in [6.45, 7) is 6.46. The molecule has 10 nitrogen and oxygen atoms in total. The van der Waals surface area contributed by atoms with Crippen molar-refractivity contribution in [1.29, 1.82) is 0 Å². The highest BCUT2D eigenvalue weighted by molar-refractivity contribution is 6.37. The third-order valence-electron chi connectivity index (χ3n) is 6.37. The topological polar surface area (TPSA) is 126 Å². The van der Waals surface area contributed by atoms with Crippen molar-refractivity contribution in [3.8, 4) is 0 Å². The van der Waals surface area contributed by atoms with Crippen molar-refractivity contribution < 1.29 is 19.2 Å². The fourth-order valence-electron chi connectivity index (χ4n) is 4.65. The number of anilines is 2. The lowest BCUT2D eigenvalue weighted by Crippen LogP contribution is -2.39. The quantitative estimate of drug-likeness (QED) is 0.234. The van der Waals surface area contributed by atoms with Gasteiger partial charge in [-0.2, -0.15) is 0 Å². The van der Waals surface area contributed by atoms with Gasteiger partial charge in [-0.15, -0.1) is 0 Å². The van der Waals surface area contributed by atoms with Gasteiger partial charge in [0.2, 0.25) is 0 Å². The Balaban J connectivity index is 1.48. The van der Waals surface area contributed by atoms with Crippen molar-refractivity contribution in [2.24, 2.45) is 4.99 Å². The van der Waals surface area contributed by atoms with Crippen LogP contribution in [0.2, 0.25) is 0 Å². The first kappa shape index (κ1) is 26.6. The van der Waals surface area contributed by atoms with Crippen LogP contribution in [0.3, 0.4) is 0 Å². The molecule has 0 aromatic heterocycles. The van der Waals surface area contributed by atoms with Crippen LogP contribution >= 0.6 is 0 Å². The summed E-state index contributed by atoms with van der Waals surface area (Å²) in [6, 6.07) is 21.3. The van der Waals surface area contributed by atoms with E-state index in [1.54, 1.807) is 11.0 Å². The zero-order chi connectivity index (χ0) is 28.4. The zero-order valence-electron chi connectivity index (χ0n) is 22.4. The number of carbonyl (C=O) groups excluding carboxylic acids is 2. The zero-order valence-corrected chi connectivity index (χ0v) is 22.4. The minimum atomic E-state index is -0.610. The summed E-state index contributed by atoms with van der Waals surface area (Å²) in [6.07, 6.45) is -0.00393. The van der Waals surface area contributed by atoms with E-state index in [0.29, 0.717) is 53.6 Å². The Bertz CT molecular complexity index is 1560. The van der Waals surface area contributed by atoms with E-state index >= 15 is 0 Å². The molecule has 2 heterocycles. The van der Waals surface area contributed by atoms with Gasteiger partial charge < -0.3 is 15.4 Å². The highest BCUT2D eigenvalue weighted by Gasteiger charge is 2.31. The number of benzene rings is 3. The average Bonchev–Trinajstić information content (AvgIpc) is 3.50. The molecule has 2 aliphatic rings. The Morgan fingerprint density at radius 1 is 1.10 bits per heavy atom. The number of amides is 2. The Labute approximate surface area is 231 Å². The lowest BCUT2D eigenvalue weighted by molar-refractivity contribution is -0.384. The van der Waals surface area contributed by atoms with Crippen molar-refractivity contribution in [3.63, 3.8) is 0 Å². The van der Waals surface area contributed by atoms with Crippen molar-refractivity contribution in [2.45, 2.75) is 32.8 Å². The minimum absolute atomic E-state index is 0.103. The number of amidine groups is 1. The third kappa shape index (κ3) is 5.70. The van der Waals surface area contributed by atoms with Gasteiger partial charge in [0.1, 0.15) is 11.4 Å². The number of hydrogen-bond acceptors (Lipinski definition) is 7. The van der Waals surface area contributed by atoms with Gasteiger partial charge in [0.05, 0.1) is 29.3 Å². The van der Waals surface area contributed by atoms with E-state index in [1.165, 1.54) is 12.1 Å². The van der Waals surface area contributed by atoms with Gasteiger partial charge in [0.15, 0.2) is 0 Å². The van der Waals surface area contributed by atoms with Gasteiger partial charge >= 0.3 is 6.09 Å². The van der Waals surface area contributed by atoms with E-state index in [-0.39, 0.29) is 11.6 Å². The second-order valence-electron chi connectivity index (χ2n) is 10.5. The number of rotatable bonds is 6. The summed E-state index contributed by atoms with van der Waals surface area (Å²) < 4.78 is 5.54. The van der Waals surface area contributed by atoms with E-state index in [1.807, 2.05) is 75.4 Å². The highest BCUT2D eigenvalue weighted by Crippen LogP contribution is 2.39. The first-order valence-electron chi connectivity index (χ1n) is 12.9. The van der Waals surface area contributed by atoms with E-state index < -0.39 is 16.6 Å². The molecule has 0 radical (unpaired) electrons. The van der Waals surface area contributed by atoms with Crippen LogP contribution in [0.15, 0.2) is 77.8 Å². The maximum Gasteiger partial charge on any atom is 0.415 e. The average molecular weight is 540 g/mol. The van der Waals surface area contributed by atoms with Gasteiger partial charge in [-0.1, -0.05) is 42.5 Å². The monoisotopic (exact) mass is 539 g/mol. The van der Waals surface area contributed by atoms with Crippen LogP contribution in [-0.2, 0) is 16.0 Å². The molecule has 0 bridgehead atoms. The number of nitrogens with one attached hydrogen (secondary N) is 2. The van der Waals surface area contributed by atoms with Gasteiger partial charge in [0, 0.05) is 35.5 Å². The van der Waals surface area contributed by atoms with Gasteiger partial charge in [-0.25, -0.2) is 4.79 Å². The van der Waals surface area contributed by atoms with Crippen LogP contribution in [0, 0.1) is 10.1 Å². The summed E-state index contributed by atoms with van der Waals surface area (Å²) in [5.74, 6) is 0.274. The lowest BCUT2D eigenvalue weighted by Gasteiger charge is -2.25. The Morgan fingerprint density at radius 2 is 1.88 bits per heavy atom. The fourth-order valence-corrected chi connectivity index (χ4v) is 4.65. The number of nitrogens with zero attached hydrogens (tertiary/aromatic N) is 3. The molecule has 0 saturated carbocycles. The predicted molar refractivity (Wildman–Crippen MR) is 154 cm³/mol. The third-order valence-corrected chi connectivity index (χ3v) is 6.37. The van der Waals surface area contributed by atoms with Crippen LogP contribution in [0.25, 0.3) is 11.3 Å². The summed E-state index contributed by atoms with van der Waals surface area (Å²) in [7, 11) is 0. The molecule has 2 aliphatic heterocycles. The number of nitro groups is 1. The van der Waals surface area contributed by atoms with Crippen LogP contribution < -0.4 is 10.6 Å². The molecular formula is C30H29N5O5. The van der Waals surface area contributed by atoms with E-state index in [4.69, 9.17) is 4.74 Å². The molecule has 0 unspecified atom stereocenters. The number of ether oxygens (including phenoxy) is 1. The normalized spacial score (nSPS) is 15.7. The Morgan fingerprint density at radius 3 is 2.60 bits per heavy atom. The van der Waals surface area contributed by atoms with E-state index in [0.717, 1.165) is 11.1 Å². The second-order valence-corrected chi connectivity index (χ2v) is 10.5. The lowest BCUT2D eigenvalue weighted by atomic mass is 9.99. The van der Waals surface area contributed by atoms with Crippen LogP contribution in [0.5, 0.6) is 0 Å². The highest BCUT2D eigenvalue weighted by atomic mass is 16.6. The van der Waals surface area contributed by atoms with Gasteiger partial charge in [0.25, 0.3) is 11.6 Å². The molecule has 2 amide bonds. The van der Waals surface area contributed by atoms with Crippen LogP contribution in [0.1, 0.15) is 37.5 Å². The minimum Gasteiger partial charge on any atom is -0.443 e. The van der Waals surface area contributed by atoms with E-state index in [9.17, 15) is 19.7 Å². The van der Waals surface area contributed by atoms with Crippen molar-refractivity contribution in [1.82, 2.24) is 4.90 Å². The number of fused-ring (bicyclic) bond motifs is 1. The van der Waals surface area contributed by atoms with Gasteiger partial charge in [-0.05, 0) is 50.1 Å². The molecule has 0 spiro atoms. The standard InChI is InChI=1S/C30H29N5O5/c1-30(2,3)40-29(37)34-15-14-31-25(34)17-19-8-7-11-21(16-19)32-27(20-9-5-4-6-10-20)26-23-18-22(35(38)39)12-13-24(23)33-28(26)36/h4-13,16,18,32H,14-15,17H2,1-3H3,(H,33,36). The second kappa shape index (κ2) is 10.6. The van der Waals surface area contributed by atoms with E-state index in [2.05, 4.69) is 15.6 Å². The van der Waals surface area contributed by atoms with Crippen molar-refractivity contribution in [3.05, 3.63) is 99.6 Å². The molecule has 40 heavy (non-hydrogen) atoms. The van der Waals surface area contributed by atoms with Crippen LogP contribution in [0.4, 0.5) is 21.9 Å². The molecular weight excluding hydrogens is 510 g/mol.